The van der Waals surface area contributed by atoms with E-state index in [-0.39, 0.29) is 12.5 Å². The predicted molar refractivity (Wildman–Crippen MR) is 92.4 cm³/mol. The molecule has 1 atom stereocenters. The number of hydrogen-bond acceptors (Lipinski definition) is 5. The van der Waals surface area contributed by atoms with Crippen LogP contribution < -0.4 is 5.32 Å². The standard InChI is InChI=1S/C17H15NO3S2/c19-16(6-5-13-7-10-22-11-13)18-12-17(20,14-3-1-8-21-14)15-4-2-9-23-15/h1-11,20H,12H2,(H,18,19)/b6-5+/t17-/m0/s1. The van der Waals surface area contributed by atoms with E-state index in [9.17, 15) is 9.90 Å². The van der Waals surface area contributed by atoms with Crippen molar-refractivity contribution in [3.63, 3.8) is 0 Å². The van der Waals surface area contributed by atoms with Gasteiger partial charge in [-0.2, -0.15) is 11.3 Å². The predicted octanol–water partition coefficient (Wildman–Crippen LogP) is 3.47. The number of hydrogen-bond donors (Lipinski definition) is 2. The van der Waals surface area contributed by atoms with Crippen LogP contribution in [0.15, 0.2) is 63.2 Å². The van der Waals surface area contributed by atoms with Gasteiger partial charge in [0.2, 0.25) is 5.91 Å². The molecule has 0 saturated carbocycles. The van der Waals surface area contributed by atoms with E-state index in [1.54, 1.807) is 29.5 Å². The molecule has 118 valence electrons. The van der Waals surface area contributed by atoms with Crippen LogP contribution in [0.2, 0.25) is 0 Å². The summed E-state index contributed by atoms with van der Waals surface area (Å²) in [4.78, 5) is 12.7. The first-order chi connectivity index (χ1) is 11.2. The number of rotatable bonds is 6. The van der Waals surface area contributed by atoms with Gasteiger partial charge in [0.25, 0.3) is 0 Å². The van der Waals surface area contributed by atoms with Gasteiger partial charge in [0, 0.05) is 11.0 Å². The summed E-state index contributed by atoms with van der Waals surface area (Å²) in [5, 5.41) is 19.5. The van der Waals surface area contributed by atoms with Gasteiger partial charge in [-0.3, -0.25) is 4.79 Å². The van der Waals surface area contributed by atoms with Gasteiger partial charge in [0.05, 0.1) is 12.8 Å². The first-order valence-electron chi connectivity index (χ1n) is 6.97. The molecule has 3 rings (SSSR count). The average molecular weight is 345 g/mol. The molecule has 1 amide bonds. The van der Waals surface area contributed by atoms with E-state index in [2.05, 4.69) is 5.32 Å². The maximum atomic E-state index is 12.0. The van der Waals surface area contributed by atoms with Gasteiger partial charge in [-0.25, -0.2) is 0 Å². The molecule has 4 nitrogen and oxygen atoms in total. The van der Waals surface area contributed by atoms with Crippen molar-refractivity contribution in [2.45, 2.75) is 5.60 Å². The zero-order chi connectivity index (χ0) is 16.1. The minimum absolute atomic E-state index is 0.0356. The minimum atomic E-state index is -1.37. The molecule has 0 bridgehead atoms. The number of carbonyl (C=O) groups excluding carboxylic acids is 1. The first-order valence-corrected chi connectivity index (χ1v) is 8.79. The Morgan fingerprint density at radius 1 is 1.30 bits per heavy atom. The Morgan fingerprint density at radius 2 is 2.22 bits per heavy atom. The lowest BCUT2D eigenvalue weighted by molar-refractivity contribution is -0.117. The molecule has 0 aliphatic carbocycles. The van der Waals surface area contributed by atoms with Crippen LogP contribution in [0.4, 0.5) is 0 Å². The lowest BCUT2D eigenvalue weighted by Crippen LogP contribution is -2.40. The highest BCUT2D eigenvalue weighted by molar-refractivity contribution is 7.10. The van der Waals surface area contributed by atoms with Crippen molar-refractivity contribution >= 4 is 34.7 Å². The quantitative estimate of drug-likeness (QED) is 0.673. The summed E-state index contributed by atoms with van der Waals surface area (Å²) >= 11 is 2.98. The lowest BCUT2D eigenvalue weighted by atomic mass is 9.98. The Labute approximate surface area is 141 Å². The van der Waals surface area contributed by atoms with Crippen molar-refractivity contribution in [1.29, 1.82) is 0 Å². The van der Waals surface area contributed by atoms with Crippen LogP contribution in [-0.4, -0.2) is 17.6 Å². The zero-order valence-electron chi connectivity index (χ0n) is 12.1. The van der Waals surface area contributed by atoms with E-state index in [0.29, 0.717) is 5.76 Å². The van der Waals surface area contributed by atoms with Gasteiger partial charge in [-0.1, -0.05) is 6.07 Å². The number of nitrogens with one attached hydrogen (secondary N) is 1. The minimum Gasteiger partial charge on any atom is -0.466 e. The van der Waals surface area contributed by atoms with Crippen molar-refractivity contribution in [1.82, 2.24) is 5.32 Å². The molecule has 0 unspecified atom stereocenters. The molecule has 23 heavy (non-hydrogen) atoms. The maximum Gasteiger partial charge on any atom is 0.244 e. The van der Waals surface area contributed by atoms with E-state index < -0.39 is 5.60 Å². The van der Waals surface area contributed by atoms with Crippen LogP contribution in [0.1, 0.15) is 16.2 Å². The fraction of sp³-hybridized carbons (Fsp3) is 0.118. The monoisotopic (exact) mass is 345 g/mol. The van der Waals surface area contributed by atoms with E-state index >= 15 is 0 Å². The van der Waals surface area contributed by atoms with Gasteiger partial charge in [0.1, 0.15) is 5.76 Å². The van der Waals surface area contributed by atoms with Gasteiger partial charge < -0.3 is 14.8 Å². The van der Waals surface area contributed by atoms with Crippen molar-refractivity contribution in [3.05, 3.63) is 75.0 Å². The molecule has 0 spiro atoms. The van der Waals surface area contributed by atoms with Gasteiger partial charge >= 0.3 is 0 Å². The molecule has 3 aromatic heterocycles. The molecule has 2 N–H and O–H groups in total. The van der Waals surface area contributed by atoms with Crippen molar-refractivity contribution in [2.75, 3.05) is 6.54 Å². The highest BCUT2D eigenvalue weighted by Gasteiger charge is 2.35. The van der Waals surface area contributed by atoms with E-state index in [4.69, 9.17) is 4.42 Å². The molecule has 0 aliphatic heterocycles. The van der Waals surface area contributed by atoms with Crippen molar-refractivity contribution < 1.29 is 14.3 Å². The van der Waals surface area contributed by atoms with Crippen molar-refractivity contribution in [3.8, 4) is 0 Å². The molecule has 0 radical (unpaired) electrons. The smallest absolute Gasteiger partial charge is 0.244 e. The summed E-state index contributed by atoms with van der Waals surface area (Å²) in [5.41, 5.74) is -0.395. The third kappa shape index (κ3) is 3.61. The summed E-state index contributed by atoms with van der Waals surface area (Å²) in [7, 11) is 0. The molecule has 3 heterocycles. The number of aliphatic hydroxyl groups is 1. The summed E-state index contributed by atoms with van der Waals surface area (Å²) in [6.07, 6.45) is 4.70. The second-order valence-corrected chi connectivity index (χ2v) is 6.65. The fourth-order valence-corrected chi connectivity index (χ4v) is 3.60. The normalized spacial score (nSPS) is 14.0. The molecular weight excluding hydrogens is 330 g/mol. The van der Waals surface area contributed by atoms with Gasteiger partial charge in [0.15, 0.2) is 5.60 Å². The summed E-state index contributed by atoms with van der Waals surface area (Å²) in [6, 6.07) is 9.02. The highest BCUT2D eigenvalue weighted by Crippen LogP contribution is 2.32. The number of carbonyl (C=O) groups is 1. The van der Waals surface area contributed by atoms with Crippen LogP contribution in [-0.2, 0) is 10.4 Å². The third-order valence-corrected chi connectivity index (χ3v) is 5.07. The third-order valence-electron chi connectivity index (χ3n) is 3.35. The number of furan rings is 1. The first kappa shape index (κ1) is 15.7. The fourth-order valence-electron chi connectivity index (χ4n) is 2.14. The van der Waals surface area contributed by atoms with E-state index in [1.165, 1.54) is 23.7 Å². The van der Waals surface area contributed by atoms with Crippen molar-refractivity contribution in [2.24, 2.45) is 0 Å². The Morgan fingerprint density at radius 3 is 2.87 bits per heavy atom. The number of amides is 1. The van der Waals surface area contributed by atoms with E-state index in [1.807, 2.05) is 34.3 Å². The molecular formula is C17H15NO3S2. The van der Waals surface area contributed by atoms with Crippen LogP contribution in [0, 0.1) is 0 Å². The van der Waals surface area contributed by atoms with Crippen LogP contribution in [0.5, 0.6) is 0 Å². The van der Waals surface area contributed by atoms with E-state index in [0.717, 1.165) is 10.4 Å². The largest absolute Gasteiger partial charge is 0.466 e. The summed E-state index contributed by atoms with van der Waals surface area (Å²) in [5.74, 6) is 0.139. The highest BCUT2D eigenvalue weighted by atomic mass is 32.1. The molecule has 3 aromatic rings. The lowest BCUT2D eigenvalue weighted by Gasteiger charge is -2.24. The Hall–Kier alpha value is -2.15. The summed E-state index contributed by atoms with van der Waals surface area (Å²) in [6.45, 7) is 0.0356. The molecule has 0 saturated heterocycles. The molecule has 0 fully saturated rings. The van der Waals surface area contributed by atoms with Gasteiger partial charge in [-0.05, 0) is 52.0 Å². The zero-order valence-corrected chi connectivity index (χ0v) is 13.8. The second-order valence-electron chi connectivity index (χ2n) is 4.92. The second kappa shape index (κ2) is 6.95. The SMILES string of the molecule is O=C(/C=C/c1ccsc1)NC[C@](O)(c1ccco1)c1cccs1. The van der Waals surface area contributed by atoms with Gasteiger partial charge in [-0.15, -0.1) is 11.3 Å². The molecule has 6 heteroatoms. The molecule has 0 aliphatic rings. The topological polar surface area (TPSA) is 62.5 Å². The maximum absolute atomic E-state index is 12.0. The number of thiophene rings is 2. The Balaban J connectivity index is 1.71. The average Bonchev–Trinajstić information content (AvgIpc) is 3.33. The molecule has 0 aromatic carbocycles. The van der Waals surface area contributed by atoms with Crippen LogP contribution in [0.3, 0.4) is 0 Å². The summed E-state index contributed by atoms with van der Waals surface area (Å²) < 4.78 is 5.36. The Kier molecular flexibility index (Phi) is 4.76. The Bertz CT molecular complexity index is 725. The van der Waals surface area contributed by atoms with Crippen LogP contribution in [0.25, 0.3) is 6.08 Å². The van der Waals surface area contributed by atoms with Crippen LogP contribution >= 0.6 is 22.7 Å².